The summed E-state index contributed by atoms with van der Waals surface area (Å²) in [5, 5.41) is 10.4. The van der Waals surface area contributed by atoms with Crippen LogP contribution >= 0.6 is 24.0 Å². The maximum absolute atomic E-state index is 12.8. The Labute approximate surface area is 186 Å². The maximum atomic E-state index is 12.8. The zero-order chi connectivity index (χ0) is 20.4. The van der Waals surface area contributed by atoms with Crippen molar-refractivity contribution in [2.24, 2.45) is 12.0 Å². The average molecular weight is 523 g/mol. The normalized spacial score (nSPS) is 11.2. The zero-order valence-corrected chi connectivity index (χ0v) is 19.2. The van der Waals surface area contributed by atoms with Gasteiger partial charge in [-0.25, -0.2) is 0 Å². The van der Waals surface area contributed by atoms with Gasteiger partial charge in [-0.05, 0) is 30.5 Å². The summed E-state index contributed by atoms with van der Waals surface area (Å²) in [5.74, 6) is 1.15. The van der Waals surface area contributed by atoms with Gasteiger partial charge in [-0.1, -0.05) is 6.92 Å². The lowest BCUT2D eigenvalue weighted by Gasteiger charge is -2.15. The highest BCUT2D eigenvalue weighted by molar-refractivity contribution is 14.0. The maximum Gasteiger partial charge on any atom is 0.387 e. The average Bonchev–Trinajstić information content (AvgIpc) is 3.08. The summed E-state index contributed by atoms with van der Waals surface area (Å²) in [6.45, 7) is 0.524. The van der Waals surface area contributed by atoms with Gasteiger partial charge in [-0.2, -0.15) is 13.9 Å². The Bertz CT molecular complexity index is 771. The van der Waals surface area contributed by atoms with E-state index in [0.29, 0.717) is 30.4 Å². The molecular formula is C19H28F2IN5O2. The number of nitrogens with one attached hydrogen (secondary N) is 2. The number of hydrogen-bond acceptors (Lipinski definition) is 4. The van der Waals surface area contributed by atoms with Crippen molar-refractivity contribution in [2.45, 2.75) is 32.9 Å². The molecule has 0 atom stereocenters. The first-order valence-electron chi connectivity index (χ1n) is 9.14. The number of ether oxygens (including phenoxy) is 2. The third kappa shape index (κ3) is 8.84. The minimum Gasteiger partial charge on any atom is -0.493 e. The standard InChI is InChI=1S/C19H27F2N5O2.HI/c1-4-9-27-16-6-5-15(17(10-16)28-18(20)21)12-24-19(22-2)23-8-7-14-11-25-26(3)13-14;/h5-6,10-11,13,18H,4,7-9,12H2,1-3H3,(H2,22,23,24);1H. The molecule has 7 nitrogen and oxygen atoms in total. The van der Waals surface area contributed by atoms with Crippen molar-refractivity contribution < 1.29 is 18.3 Å². The quantitative estimate of drug-likeness (QED) is 0.284. The Balaban J connectivity index is 0.00000420. The van der Waals surface area contributed by atoms with E-state index in [1.165, 1.54) is 6.07 Å². The number of nitrogens with zero attached hydrogens (tertiary/aromatic N) is 3. The van der Waals surface area contributed by atoms with E-state index < -0.39 is 6.61 Å². The highest BCUT2D eigenvalue weighted by Crippen LogP contribution is 2.26. The first-order valence-corrected chi connectivity index (χ1v) is 9.14. The predicted octanol–water partition coefficient (Wildman–Crippen LogP) is 3.34. The molecule has 0 bridgehead atoms. The summed E-state index contributed by atoms with van der Waals surface area (Å²) in [6, 6.07) is 4.93. The Morgan fingerprint density at radius 3 is 2.72 bits per heavy atom. The molecule has 0 radical (unpaired) electrons. The lowest BCUT2D eigenvalue weighted by atomic mass is 10.2. The van der Waals surface area contributed by atoms with Crippen molar-refractivity contribution in [1.82, 2.24) is 20.4 Å². The molecule has 1 aromatic carbocycles. The second kappa shape index (κ2) is 13.2. The van der Waals surface area contributed by atoms with Gasteiger partial charge in [0.1, 0.15) is 11.5 Å². The molecule has 162 valence electrons. The van der Waals surface area contributed by atoms with E-state index in [0.717, 1.165) is 18.4 Å². The van der Waals surface area contributed by atoms with Gasteiger partial charge in [0, 0.05) is 45.0 Å². The van der Waals surface area contributed by atoms with Crippen LogP contribution < -0.4 is 20.1 Å². The third-order valence-corrected chi connectivity index (χ3v) is 3.86. The number of aliphatic imine (C=N–C) groups is 1. The van der Waals surface area contributed by atoms with Crippen LogP contribution in [0.25, 0.3) is 0 Å². The first-order chi connectivity index (χ1) is 13.5. The van der Waals surface area contributed by atoms with Crippen molar-refractivity contribution >= 4 is 29.9 Å². The fourth-order valence-corrected chi connectivity index (χ4v) is 2.52. The van der Waals surface area contributed by atoms with E-state index in [4.69, 9.17) is 4.74 Å². The Morgan fingerprint density at radius 1 is 1.31 bits per heavy atom. The Hall–Kier alpha value is -2.11. The highest BCUT2D eigenvalue weighted by Gasteiger charge is 2.12. The van der Waals surface area contributed by atoms with Gasteiger partial charge < -0.3 is 20.1 Å². The molecular weight excluding hydrogens is 495 g/mol. The van der Waals surface area contributed by atoms with Crippen molar-refractivity contribution in [3.63, 3.8) is 0 Å². The lowest BCUT2D eigenvalue weighted by Crippen LogP contribution is -2.37. The van der Waals surface area contributed by atoms with Gasteiger partial charge >= 0.3 is 6.61 Å². The molecule has 0 aliphatic rings. The molecule has 0 saturated heterocycles. The molecule has 1 heterocycles. The number of aryl methyl sites for hydroxylation is 1. The molecule has 0 unspecified atom stereocenters. The summed E-state index contributed by atoms with van der Waals surface area (Å²) in [5.41, 5.74) is 1.69. The molecule has 29 heavy (non-hydrogen) atoms. The van der Waals surface area contributed by atoms with Gasteiger partial charge in [-0.3, -0.25) is 9.67 Å². The van der Waals surface area contributed by atoms with Crippen LogP contribution in [0.15, 0.2) is 35.6 Å². The fourth-order valence-electron chi connectivity index (χ4n) is 2.52. The SMILES string of the molecule is CCCOc1ccc(CNC(=NC)NCCc2cnn(C)c2)c(OC(F)F)c1.I. The summed E-state index contributed by atoms with van der Waals surface area (Å²) in [7, 11) is 3.52. The van der Waals surface area contributed by atoms with E-state index in [2.05, 4.69) is 25.5 Å². The minimum atomic E-state index is -2.91. The summed E-state index contributed by atoms with van der Waals surface area (Å²) >= 11 is 0. The van der Waals surface area contributed by atoms with Crippen molar-refractivity contribution in [3.8, 4) is 11.5 Å². The Morgan fingerprint density at radius 2 is 2.10 bits per heavy atom. The first kappa shape index (κ1) is 24.9. The molecule has 0 aliphatic carbocycles. The second-order valence-corrected chi connectivity index (χ2v) is 6.12. The van der Waals surface area contributed by atoms with Crippen LogP contribution in [-0.2, 0) is 20.0 Å². The van der Waals surface area contributed by atoms with Crippen LogP contribution in [0.4, 0.5) is 8.78 Å². The number of guanidine groups is 1. The number of halogens is 3. The topological polar surface area (TPSA) is 72.7 Å². The molecule has 2 N–H and O–H groups in total. The number of alkyl halides is 2. The lowest BCUT2D eigenvalue weighted by molar-refractivity contribution is -0.0505. The summed E-state index contributed by atoms with van der Waals surface area (Å²) < 4.78 is 37.4. The van der Waals surface area contributed by atoms with Crippen LogP contribution in [0, 0.1) is 0 Å². The van der Waals surface area contributed by atoms with Crippen molar-refractivity contribution in [1.29, 1.82) is 0 Å². The molecule has 0 aliphatic heterocycles. The molecule has 0 saturated carbocycles. The molecule has 2 aromatic rings. The fraction of sp³-hybridized carbons (Fsp3) is 0.474. The Kier molecular flexibility index (Phi) is 11.3. The van der Waals surface area contributed by atoms with Crippen LogP contribution in [0.3, 0.4) is 0 Å². The number of rotatable bonds is 10. The van der Waals surface area contributed by atoms with Crippen molar-refractivity contribution in [2.75, 3.05) is 20.2 Å². The number of benzene rings is 1. The van der Waals surface area contributed by atoms with Gasteiger partial charge in [-0.15, -0.1) is 24.0 Å². The van der Waals surface area contributed by atoms with Crippen molar-refractivity contribution in [3.05, 3.63) is 41.7 Å². The highest BCUT2D eigenvalue weighted by atomic mass is 127. The van der Waals surface area contributed by atoms with Gasteiger partial charge in [0.2, 0.25) is 0 Å². The van der Waals surface area contributed by atoms with Crippen LogP contribution in [0.5, 0.6) is 11.5 Å². The van der Waals surface area contributed by atoms with E-state index in [1.807, 2.05) is 26.4 Å². The van der Waals surface area contributed by atoms with Gasteiger partial charge in [0.25, 0.3) is 0 Å². The van der Waals surface area contributed by atoms with E-state index in [-0.39, 0.29) is 36.3 Å². The summed E-state index contributed by atoms with van der Waals surface area (Å²) in [6.07, 6.45) is 5.38. The zero-order valence-electron chi connectivity index (χ0n) is 16.8. The predicted molar refractivity (Wildman–Crippen MR) is 119 cm³/mol. The van der Waals surface area contributed by atoms with E-state index in [9.17, 15) is 8.78 Å². The number of hydrogen-bond donors (Lipinski definition) is 2. The van der Waals surface area contributed by atoms with Gasteiger partial charge in [0.15, 0.2) is 5.96 Å². The largest absolute Gasteiger partial charge is 0.493 e. The third-order valence-electron chi connectivity index (χ3n) is 3.86. The van der Waals surface area contributed by atoms with Crippen LogP contribution in [0.2, 0.25) is 0 Å². The molecule has 0 fully saturated rings. The molecule has 2 rings (SSSR count). The molecule has 1 aromatic heterocycles. The minimum absolute atomic E-state index is 0. The van der Waals surface area contributed by atoms with E-state index >= 15 is 0 Å². The van der Waals surface area contributed by atoms with Crippen LogP contribution in [0.1, 0.15) is 24.5 Å². The second-order valence-electron chi connectivity index (χ2n) is 6.12. The molecule has 0 spiro atoms. The van der Waals surface area contributed by atoms with Gasteiger partial charge in [0.05, 0.1) is 12.8 Å². The number of aromatic nitrogens is 2. The smallest absolute Gasteiger partial charge is 0.387 e. The van der Waals surface area contributed by atoms with Crippen LogP contribution in [-0.4, -0.2) is 42.6 Å². The molecule has 0 amide bonds. The molecule has 10 heteroatoms. The monoisotopic (exact) mass is 523 g/mol. The summed E-state index contributed by atoms with van der Waals surface area (Å²) in [4.78, 5) is 4.15. The van der Waals surface area contributed by atoms with E-state index in [1.54, 1.807) is 23.9 Å².